The Morgan fingerprint density at radius 1 is 1.36 bits per heavy atom. The zero-order valence-corrected chi connectivity index (χ0v) is 8.03. The van der Waals surface area contributed by atoms with Crippen LogP contribution in [0.25, 0.3) is 0 Å². The summed E-state index contributed by atoms with van der Waals surface area (Å²) in [6, 6.07) is 7.12. The fraction of sp³-hybridized carbons (Fsp3) is 0.273. The molecule has 0 aromatic heterocycles. The van der Waals surface area contributed by atoms with E-state index in [1.807, 2.05) is 12.1 Å². The van der Waals surface area contributed by atoms with Gasteiger partial charge in [-0.15, -0.1) is 0 Å². The van der Waals surface area contributed by atoms with Crippen molar-refractivity contribution in [2.75, 3.05) is 0 Å². The highest BCUT2D eigenvalue weighted by molar-refractivity contribution is 5.75. The Kier molecular flexibility index (Phi) is 3.85. The molecule has 0 bridgehead atoms. The van der Waals surface area contributed by atoms with Gasteiger partial charge < -0.3 is 9.53 Å². The predicted molar refractivity (Wildman–Crippen MR) is 52.1 cm³/mol. The van der Waals surface area contributed by atoms with Crippen molar-refractivity contribution in [3.63, 3.8) is 0 Å². The Morgan fingerprint density at radius 3 is 2.50 bits per heavy atom. The van der Waals surface area contributed by atoms with Gasteiger partial charge in [-0.2, -0.15) is 0 Å². The summed E-state index contributed by atoms with van der Waals surface area (Å²) in [6.07, 6.45) is 1.28. The topological polar surface area (TPSA) is 43.4 Å². The Hall–Kier alpha value is -1.64. The van der Waals surface area contributed by atoms with Gasteiger partial charge in [0.25, 0.3) is 6.47 Å². The van der Waals surface area contributed by atoms with Gasteiger partial charge in [0.15, 0.2) is 0 Å². The summed E-state index contributed by atoms with van der Waals surface area (Å²) in [5.41, 5.74) is 1.07. The van der Waals surface area contributed by atoms with Crippen LogP contribution in [0.2, 0.25) is 0 Å². The quantitative estimate of drug-likeness (QED) is 0.667. The summed E-state index contributed by atoms with van der Waals surface area (Å²) in [5.74, 6) is 0.699. The van der Waals surface area contributed by atoms with E-state index >= 15 is 0 Å². The number of ether oxygens (including phenoxy) is 1. The Morgan fingerprint density at radius 2 is 2.00 bits per heavy atom. The number of hydrogen-bond acceptors (Lipinski definition) is 3. The summed E-state index contributed by atoms with van der Waals surface area (Å²) < 4.78 is 4.64. The monoisotopic (exact) mass is 192 g/mol. The van der Waals surface area contributed by atoms with Crippen LogP contribution in [-0.4, -0.2) is 12.3 Å². The first kappa shape index (κ1) is 10.4. The van der Waals surface area contributed by atoms with Crippen LogP contribution in [0, 0.1) is 0 Å². The first-order valence-electron chi connectivity index (χ1n) is 4.41. The minimum Gasteiger partial charge on any atom is -0.429 e. The molecule has 0 aliphatic rings. The van der Waals surface area contributed by atoms with Gasteiger partial charge in [-0.25, -0.2) is 0 Å². The van der Waals surface area contributed by atoms with E-state index in [0.29, 0.717) is 18.6 Å². The molecule has 1 rings (SSSR count). The molecule has 0 spiro atoms. The number of carbonyl (C=O) groups is 2. The Labute approximate surface area is 82.7 Å². The lowest BCUT2D eigenvalue weighted by Crippen LogP contribution is -1.94. The fourth-order valence-electron chi connectivity index (χ4n) is 1.11. The predicted octanol–water partition coefficient (Wildman–Crippen LogP) is 1.74. The zero-order valence-electron chi connectivity index (χ0n) is 8.03. The molecule has 0 fully saturated rings. The highest BCUT2D eigenvalue weighted by Crippen LogP contribution is 2.12. The molecular weight excluding hydrogens is 180 g/mol. The number of carbonyl (C=O) groups excluding carboxylic acids is 2. The zero-order chi connectivity index (χ0) is 10.4. The molecule has 1 aromatic carbocycles. The standard InChI is InChI=1S/C11H12O3/c1-9(13)2-3-10-4-6-11(7-5-10)14-8-12/h4-8H,2-3H2,1H3. The van der Waals surface area contributed by atoms with Crippen LogP contribution in [0.4, 0.5) is 0 Å². The molecule has 0 aliphatic heterocycles. The van der Waals surface area contributed by atoms with E-state index in [2.05, 4.69) is 4.74 Å². The number of aryl methyl sites for hydroxylation is 1. The lowest BCUT2D eigenvalue weighted by atomic mass is 10.1. The molecule has 0 saturated carbocycles. The second-order valence-corrected chi connectivity index (χ2v) is 3.06. The summed E-state index contributed by atoms with van der Waals surface area (Å²) >= 11 is 0. The van der Waals surface area contributed by atoms with Crippen molar-refractivity contribution in [2.45, 2.75) is 19.8 Å². The van der Waals surface area contributed by atoms with Crippen molar-refractivity contribution in [3.8, 4) is 5.75 Å². The third-order valence-corrected chi connectivity index (χ3v) is 1.87. The van der Waals surface area contributed by atoms with E-state index in [4.69, 9.17) is 0 Å². The van der Waals surface area contributed by atoms with Gasteiger partial charge in [0.05, 0.1) is 0 Å². The molecule has 3 heteroatoms. The van der Waals surface area contributed by atoms with E-state index in [9.17, 15) is 9.59 Å². The third-order valence-electron chi connectivity index (χ3n) is 1.87. The van der Waals surface area contributed by atoms with Crippen molar-refractivity contribution in [1.29, 1.82) is 0 Å². The second-order valence-electron chi connectivity index (χ2n) is 3.06. The van der Waals surface area contributed by atoms with Crippen molar-refractivity contribution in [1.82, 2.24) is 0 Å². The summed E-state index contributed by atoms with van der Waals surface area (Å²) in [4.78, 5) is 20.7. The maximum atomic E-state index is 10.7. The van der Waals surface area contributed by atoms with E-state index in [1.54, 1.807) is 19.1 Å². The van der Waals surface area contributed by atoms with Gasteiger partial charge in [0.2, 0.25) is 0 Å². The molecule has 14 heavy (non-hydrogen) atoms. The van der Waals surface area contributed by atoms with Crippen LogP contribution in [0.3, 0.4) is 0 Å². The van der Waals surface area contributed by atoms with Gasteiger partial charge >= 0.3 is 0 Å². The number of rotatable bonds is 5. The number of Topliss-reactive ketones (excluding diaryl/α,β-unsaturated/α-hetero) is 1. The number of ketones is 1. The minimum atomic E-state index is 0.179. The largest absolute Gasteiger partial charge is 0.429 e. The third kappa shape index (κ3) is 3.39. The van der Waals surface area contributed by atoms with Crippen LogP contribution in [0.5, 0.6) is 5.75 Å². The van der Waals surface area contributed by atoms with E-state index in [1.165, 1.54) is 0 Å². The molecule has 0 unspecified atom stereocenters. The van der Waals surface area contributed by atoms with Crippen LogP contribution < -0.4 is 4.74 Å². The summed E-state index contributed by atoms with van der Waals surface area (Å²) in [5, 5.41) is 0. The van der Waals surface area contributed by atoms with Gasteiger partial charge in [-0.05, 0) is 31.0 Å². The van der Waals surface area contributed by atoms with E-state index in [0.717, 1.165) is 12.0 Å². The van der Waals surface area contributed by atoms with Crippen molar-refractivity contribution in [3.05, 3.63) is 29.8 Å². The highest BCUT2D eigenvalue weighted by Gasteiger charge is 1.97. The summed E-state index contributed by atoms with van der Waals surface area (Å²) in [7, 11) is 0. The van der Waals surface area contributed by atoms with Gasteiger partial charge in [-0.1, -0.05) is 12.1 Å². The Bertz CT molecular complexity index is 314. The molecule has 3 nitrogen and oxygen atoms in total. The smallest absolute Gasteiger partial charge is 0.298 e. The molecular formula is C11H12O3. The molecule has 1 aromatic rings. The lowest BCUT2D eigenvalue weighted by molar-refractivity contribution is -0.120. The average molecular weight is 192 g/mol. The molecule has 0 radical (unpaired) electrons. The fourth-order valence-corrected chi connectivity index (χ4v) is 1.11. The van der Waals surface area contributed by atoms with E-state index < -0.39 is 0 Å². The van der Waals surface area contributed by atoms with Crippen molar-refractivity contribution >= 4 is 12.3 Å². The van der Waals surface area contributed by atoms with E-state index in [-0.39, 0.29) is 5.78 Å². The normalized spacial score (nSPS) is 9.50. The molecule has 0 aliphatic carbocycles. The lowest BCUT2D eigenvalue weighted by Gasteiger charge is -2.00. The van der Waals surface area contributed by atoms with Crippen molar-refractivity contribution < 1.29 is 14.3 Å². The SMILES string of the molecule is CC(=O)CCc1ccc(OC=O)cc1. The van der Waals surface area contributed by atoms with Crippen LogP contribution in [0.1, 0.15) is 18.9 Å². The maximum Gasteiger partial charge on any atom is 0.298 e. The van der Waals surface area contributed by atoms with Crippen LogP contribution in [-0.2, 0) is 16.0 Å². The highest BCUT2D eigenvalue weighted by atomic mass is 16.5. The maximum absolute atomic E-state index is 10.7. The Balaban J connectivity index is 2.54. The van der Waals surface area contributed by atoms with Crippen LogP contribution >= 0.6 is 0 Å². The minimum absolute atomic E-state index is 0.179. The molecule has 0 saturated heterocycles. The molecule has 0 amide bonds. The van der Waals surface area contributed by atoms with Gasteiger partial charge in [-0.3, -0.25) is 4.79 Å². The first-order valence-corrected chi connectivity index (χ1v) is 4.41. The van der Waals surface area contributed by atoms with Gasteiger partial charge in [0.1, 0.15) is 11.5 Å². The molecule has 0 N–H and O–H groups in total. The molecule has 0 heterocycles. The molecule has 0 atom stereocenters. The van der Waals surface area contributed by atoms with Gasteiger partial charge in [0, 0.05) is 6.42 Å². The first-order chi connectivity index (χ1) is 6.72. The number of hydrogen-bond donors (Lipinski definition) is 0. The van der Waals surface area contributed by atoms with Crippen LogP contribution in [0.15, 0.2) is 24.3 Å². The summed E-state index contributed by atoms with van der Waals surface area (Å²) in [6.45, 7) is 1.97. The van der Waals surface area contributed by atoms with Crippen molar-refractivity contribution in [2.24, 2.45) is 0 Å². The number of benzene rings is 1. The molecule has 74 valence electrons. The second kappa shape index (κ2) is 5.17. The average Bonchev–Trinajstić information content (AvgIpc) is 2.17.